The first kappa shape index (κ1) is 36.7. The molecule has 0 saturated heterocycles. The highest BCUT2D eigenvalue weighted by Crippen LogP contribution is 2.85. The lowest BCUT2D eigenvalue weighted by Crippen LogP contribution is -2.59. The number of hydrogen-bond acceptors (Lipinski definition) is 5. The molecule has 1 heterocycles. The van der Waals surface area contributed by atoms with Gasteiger partial charge in [-0.3, -0.25) is 0 Å². The molecule has 0 aliphatic carbocycles. The van der Waals surface area contributed by atoms with E-state index in [4.69, 9.17) is 45.0 Å². The molecule has 0 radical (unpaired) electrons. The highest BCUT2D eigenvalue weighted by atomic mass is 35.9. The van der Waals surface area contributed by atoms with Crippen molar-refractivity contribution in [2.24, 2.45) is 13.5 Å². The van der Waals surface area contributed by atoms with Crippen molar-refractivity contribution >= 4 is 64.4 Å². The van der Waals surface area contributed by atoms with Crippen LogP contribution >= 0.6 is 64.4 Å². The molecule has 0 amide bonds. The Morgan fingerprint density at radius 1 is 0.526 bits per heavy atom. The lowest BCUT2D eigenvalue weighted by molar-refractivity contribution is -0.342. The van der Waals surface area contributed by atoms with Crippen LogP contribution < -0.4 is 0 Å². The van der Waals surface area contributed by atoms with Gasteiger partial charge in [0.1, 0.15) is 13.2 Å². The SMILES string of the molecule is FC(F)C(F)(F)C(F)(F)C(F)(F)COP1(Cl)=NP(Cl)(Cl)=NP(Cl)(OCC(F)(F)C(F)(F)C(F)(F)C(F)F)=N1. The van der Waals surface area contributed by atoms with E-state index < -0.39 is 81.1 Å². The largest absolute Gasteiger partial charge is 0.380 e. The van der Waals surface area contributed by atoms with E-state index >= 15 is 0 Å². The van der Waals surface area contributed by atoms with E-state index in [9.17, 15) is 70.2 Å². The summed E-state index contributed by atoms with van der Waals surface area (Å²) in [6.07, 6.45) is -10.7. The molecular weight excluding hydrogens is 733 g/mol. The zero-order chi connectivity index (χ0) is 30.6. The number of halogens is 20. The van der Waals surface area contributed by atoms with Crippen molar-refractivity contribution < 1.29 is 79.3 Å². The Kier molecular flexibility index (Phi) is 10.7. The van der Waals surface area contributed by atoms with Gasteiger partial charge < -0.3 is 9.05 Å². The summed E-state index contributed by atoms with van der Waals surface area (Å²) >= 11 is 21.9. The summed E-state index contributed by atoms with van der Waals surface area (Å²) in [5, 5.41) is 0. The van der Waals surface area contributed by atoms with Crippen LogP contribution in [0.25, 0.3) is 0 Å². The van der Waals surface area contributed by atoms with Crippen LogP contribution in [-0.2, 0) is 9.05 Å². The van der Waals surface area contributed by atoms with E-state index in [0.717, 1.165) is 0 Å². The first-order valence-corrected chi connectivity index (χ1v) is 16.8. The van der Waals surface area contributed by atoms with Gasteiger partial charge >= 0.3 is 62.0 Å². The van der Waals surface area contributed by atoms with Crippen LogP contribution in [0.1, 0.15) is 0 Å². The zero-order valence-corrected chi connectivity index (χ0v) is 22.3. The van der Waals surface area contributed by atoms with Crippen LogP contribution in [0.5, 0.6) is 0 Å². The number of rotatable bonds is 12. The van der Waals surface area contributed by atoms with Crippen molar-refractivity contribution in [2.75, 3.05) is 13.2 Å². The molecule has 5 nitrogen and oxygen atoms in total. The second-order valence-corrected chi connectivity index (χ2v) is 18.1. The molecule has 1 aliphatic heterocycles. The first-order chi connectivity index (χ1) is 16.4. The van der Waals surface area contributed by atoms with Crippen LogP contribution in [0, 0.1) is 0 Å². The molecule has 0 aromatic rings. The van der Waals surface area contributed by atoms with Crippen molar-refractivity contribution in [1.29, 1.82) is 0 Å². The quantitative estimate of drug-likeness (QED) is 0.148. The standard InChI is InChI=1S/C10H6Cl4F16N3O2P3/c11-36(12)31-37(13,34-1-5(19,20)9(27,28)7(23,24)3(15)16)33-38(14,32-36)35-2-6(21,22)10(29,30)8(25,26)4(17)18/h3-4H,1-2H2. The van der Waals surface area contributed by atoms with Crippen molar-refractivity contribution in [1.82, 2.24) is 0 Å². The van der Waals surface area contributed by atoms with Gasteiger partial charge in [0.05, 0.1) is 0 Å². The smallest absolute Gasteiger partial charge is 0.309 e. The molecule has 0 fully saturated rings. The molecule has 1 aliphatic rings. The third kappa shape index (κ3) is 7.16. The second kappa shape index (κ2) is 11.1. The highest BCUT2D eigenvalue weighted by Gasteiger charge is 2.76. The molecule has 2 unspecified atom stereocenters. The maximum atomic E-state index is 13.7. The van der Waals surface area contributed by atoms with E-state index in [1.807, 2.05) is 0 Å². The summed E-state index contributed by atoms with van der Waals surface area (Å²) in [7, 11) is 0. The topological polar surface area (TPSA) is 55.5 Å². The first-order valence-electron chi connectivity index (χ1n) is 8.24. The normalized spacial score (nSPS) is 25.7. The van der Waals surface area contributed by atoms with Crippen LogP contribution in [-0.4, -0.2) is 61.6 Å². The fraction of sp³-hybridized carbons (Fsp3) is 1.00. The van der Waals surface area contributed by atoms with Crippen LogP contribution in [0.2, 0.25) is 0 Å². The van der Waals surface area contributed by atoms with Gasteiger partial charge in [-0.25, -0.2) is 17.6 Å². The summed E-state index contributed by atoms with van der Waals surface area (Å²) in [6, 6.07) is 0. The van der Waals surface area contributed by atoms with Crippen molar-refractivity contribution in [3.05, 3.63) is 0 Å². The van der Waals surface area contributed by atoms with Gasteiger partial charge in [-0.15, -0.1) is 0 Å². The maximum Gasteiger partial charge on any atom is 0.380 e. The number of alkyl halides is 16. The molecule has 28 heteroatoms. The van der Waals surface area contributed by atoms with Crippen molar-refractivity contribution in [3.8, 4) is 0 Å². The Hall–Kier alpha value is 0.650. The minimum absolute atomic E-state index is 2.81. The molecule has 0 spiro atoms. The average Bonchev–Trinajstić information content (AvgIpc) is 2.68. The molecule has 0 aromatic heterocycles. The molecule has 0 bridgehead atoms. The van der Waals surface area contributed by atoms with Gasteiger partial charge in [0.25, 0.3) is 5.91 Å². The van der Waals surface area contributed by atoms with Gasteiger partial charge in [-0.1, -0.05) is 0 Å². The fourth-order valence-corrected chi connectivity index (χ4v) is 16.5. The molecule has 2 atom stereocenters. The van der Waals surface area contributed by atoms with Gasteiger partial charge in [0.2, 0.25) is 0 Å². The summed E-state index contributed by atoms with van der Waals surface area (Å²) in [5.41, 5.74) is 0. The van der Waals surface area contributed by atoms with Gasteiger partial charge in [-0.05, 0) is 45.0 Å². The molecule has 38 heavy (non-hydrogen) atoms. The lowest BCUT2D eigenvalue weighted by atomic mass is 10.1. The van der Waals surface area contributed by atoms with Gasteiger partial charge in [0, 0.05) is 0 Å². The summed E-state index contributed by atoms with van der Waals surface area (Å²) in [6.45, 7) is -16.6. The van der Waals surface area contributed by atoms with Crippen LogP contribution in [0.3, 0.4) is 0 Å². The third-order valence-electron chi connectivity index (χ3n) is 3.78. The minimum atomic E-state index is -6.84. The predicted molar refractivity (Wildman–Crippen MR) is 105 cm³/mol. The summed E-state index contributed by atoms with van der Waals surface area (Å²) < 4.78 is 225. The number of nitrogens with zero attached hydrogens (tertiary/aromatic N) is 3. The highest BCUT2D eigenvalue weighted by molar-refractivity contribution is 8.16. The molecule has 0 aromatic carbocycles. The number of hydrogen-bond donors (Lipinski definition) is 0. The summed E-state index contributed by atoms with van der Waals surface area (Å²) in [4.78, 5) is 0. The van der Waals surface area contributed by atoms with Crippen LogP contribution in [0.4, 0.5) is 70.2 Å². The fourth-order valence-electron chi connectivity index (χ4n) is 1.83. The van der Waals surface area contributed by atoms with Gasteiger partial charge in [0.15, 0.2) is 0 Å². The molecule has 0 saturated carbocycles. The third-order valence-corrected chi connectivity index (χ3v) is 15.4. The average molecular weight is 739 g/mol. The van der Waals surface area contributed by atoms with Gasteiger partial charge in [-0.2, -0.15) is 66.2 Å². The molecule has 228 valence electrons. The molecule has 1 rings (SSSR count). The van der Waals surface area contributed by atoms with Crippen LogP contribution in [0.15, 0.2) is 13.5 Å². The monoisotopic (exact) mass is 737 g/mol. The Bertz CT molecular complexity index is 1010. The van der Waals surface area contributed by atoms with E-state index in [1.54, 1.807) is 0 Å². The van der Waals surface area contributed by atoms with E-state index in [2.05, 4.69) is 22.6 Å². The lowest BCUT2D eigenvalue weighted by Gasteiger charge is -2.33. The second-order valence-electron chi connectivity index (χ2n) is 6.62. The Morgan fingerprint density at radius 2 is 0.816 bits per heavy atom. The van der Waals surface area contributed by atoms with Crippen molar-refractivity contribution in [3.63, 3.8) is 0 Å². The minimum Gasteiger partial charge on any atom is -0.309 e. The van der Waals surface area contributed by atoms with E-state index in [-0.39, 0.29) is 0 Å². The maximum absolute atomic E-state index is 13.7. The zero-order valence-electron chi connectivity index (χ0n) is 16.6. The predicted octanol–water partition coefficient (Wildman–Crippen LogP) is 11.2. The van der Waals surface area contributed by atoms with Crippen molar-refractivity contribution in [2.45, 2.75) is 48.4 Å². The van der Waals surface area contributed by atoms with E-state index in [1.165, 1.54) is 0 Å². The van der Waals surface area contributed by atoms with E-state index in [0.29, 0.717) is 0 Å². The summed E-state index contributed by atoms with van der Waals surface area (Å²) in [5.74, 6) is -44.1. The Morgan fingerprint density at radius 3 is 1.11 bits per heavy atom. The Balaban J connectivity index is 3.37. The molecular formula is C10H6Cl4F16N3O2P3. The molecule has 0 N–H and O–H groups in total. The Labute approximate surface area is 219 Å².